The monoisotopic (exact) mass is 523 g/mol. The van der Waals surface area contributed by atoms with Crippen LogP contribution in [0.2, 0.25) is 6.04 Å². The first-order valence-electron chi connectivity index (χ1n) is 12.6. The maximum Gasteiger partial charge on any atom is 0.500 e. The molecule has 9 heteroatoms. The first kappa shape index (κ1) is 28.5. The van der Waals surface area contributed by atoms with Gasteiger partial charge in [-0.15, -0.1) is 0 Å². The minimum atomic E-state index is -2.72. The second-order valence-electron chi connectivity index (χ2n) is 8.73. The molecule has 0 bridgehead atoms. The first-order valence-corrected chi connectivity index (χ1v) is 14.5. The fourth-order valence-electron chi connectivity index (χ4n) is 4.43. The largest absolute Gasteiger partial charge is 0.500 e. The van der Waals surface area contributed by atoms with Crippen LogP contribution in [0.1, 0.15) is 41.8 Å². The van der Waals surface area contributed by atoms with E-state index in [2.05, 4.69) is 36.2 Å². The second kappa shape index (κ2) is 12.9. The van der Waals surface area contributed by atoms with Gasteiger partial charge in [-0.1, -0.05) is 24.3 Å². The van der Waals surface area contributed by atoms with Crippen LogP contribution < -0.4 is 10.2 Å². The highest BCUT2D eigenvalue weighted by Crippen LogP contribution is 2.29. The summed E-state index contributed by atoms with van der Waals surface area (Å²) in [7, 11) is 1.95. The zero-order valence-corrected chi connectivity index (χ0v) is 23.6. The lowest BCUT2D eigenvalue weighted by Gasteiger charge is -2.24. The second-order valence-corrected chi connectivity index (χ2v) is 11.8. The Morgan fingerprint density at radius 3 is 2.24 bits per heavy atom. The number of amides is 1. The quantitative estimate of drug-likeness (QED) is 0.251. The van der Waals surface area contributed by atoms with Crippen molar-refractivity contribution < 1.29 is 22.9 Å². The molecule has 37 heavy (non-hydrogen) atoms. The third-order valence-corrected chi connectivity index (χ3v) is 9.48. The molecule has 0 aromatic heterocycles. The number of Topliss-reactive ketones (excluding diaryl/α,β-unsaturated/α-hetero) is 1. The molecule has 0 fully saturated rings. The lowest BCUT2D eigenvalue weighted by molar-refractivity contribution is -0.117. The summed E-state index contributed by atoms with van der Waals surface area (Å²) in [5.74, 6) is -0.740. The van der Waals surface area contributed by atoms with Gasteiger partial charge in [-0.2, -0.15) is 0 Å². The van der Waals surface area contributed by atoms with Crippen LogP contribution in [0.4, 0.5) is 11.4 Å². The van der Waals surface area contributed by atoms with Crippen LogP contribution in [0.25, 0.3) is 0 Å². The molecule has 0 radical (unpaired) electrons. The predicted molar refractivity (Wildman–Crippen MR) is 149 cm³/mol. The van der Waals surface area contributed by atoms with E-state index in [-0.39, 0.29) is 11.4 Å². The highest BCUT2D eigenvalue weighted by molar-refractivity contribution is 6.60. The van der Waals surface area contributed by atoms with E-state index in [4.69, 9.17) is 18.3 Å². The smallest absolute Gasteiger partial charge is 0.377 e. The lowest BCUT2D eigenvalue weighted by Crippen LogP contribution is -2.43. The summed E-state index contributed by atoms with van der Waals surface area (Å²) in [4.78, 5) is 33.4. The molecule has 198 valence electrons. The number of rotatable bonds is 12. The van der Waals surface area contributed by atoms with Crippen molar-refractivity contribution in [2.75, 3.05) is 45.9 Å². The number of nitrogens with zero attached hydrogens (tertiary/aromatic N) is 2. The molecule has 0 atom stereocenters. The van der Waals surface area contributed by atoms with E-state index >= 15 is 0 Å². The van der Waals surface area contributed by atoms with Crippen molar-refractivity contribution >= 4 is 37.6 Å². The number of allylic oxidation sites excluding steroid dienone is 1. The number of aryl methyl sites for hydroxylation is 1. The average Bonchev–Trinajstić information content (AvgIpc) is 2.92. The van der Waals surface area contributed by atoms with Crippen molar-refractivity contribution in [2.24, 2.45) is 4.99 Å². The Balaban J connectivity index is 1.86. The Morgan fingerprint density at radius 1 is 1.00 bits per heavy atom. The number of hydrogen-bond donors (Lipinski definition) is 1. The van der Waals surface area contributed by atoms with Gasteiger partial charge in [0, 0.05) is 63.8 Å². The molecule has 8 nitrogen and oxygen atoms in total. The summed E-state index contributed by atoms with van der Waals surface area (Å²) < 4.78 is 16.3. The van der Waals surface area contributed by atoms with Crippen molar-refractivity contribution in [1.82, 2.24) is 5.32 Å². The average molecular weight is 524 g/mol. The molecule has 2 aromatic rings. The topological polar surface area (TPSA) is 89.5 Å². The molecular weight excluding hydrogens is 486 g/mol. The number of fused-ring (bicyclic) bond motifs is 1. The third kappa shape index (κ3) is 6.42. The fourth-order valence-corrected chi connectivity index (χ4v) is 6.15. The molecule has 0 spiro atoms. The predicted octanol–water partition coefficient (Wildman–Crippen LogP) is 4.47. The molecule has 0 aliphatic heterocycles. The molecule has 1 N–H and O–H groups in total. The number of anilines is 1. The van der Waals surface area contributed by atoms with E-state index in [9.17, 15) is 9.59 Å². The van der Waals surface area contributed by atoms with Crippen LogP contribution in [0.5, 0.6) is 0 Å². The Hall–Kier alpha value is -3.11. The van der Waals surface area contributed by atoms with Gasteiger partial charge in [0.25, 0.3) is 5.91 Å². The molecule has 0 unspecified atom stereocenters. The van der Waals surface area contributed by atoms with Crippen LogP contribution >= 0.6 is 0 Å². The Bertz CT molecular complexity index is 1180. The number of ketones is 1. The lowest BCUT2D eigenvalue weighted by atomic mass is 9.88. The summed E-state index contributed by atoms with van der Waals surface area (Å²) >= 11 is 0. The van der Waals surface area contributed by atoms with Crippen LogP contribution in [-0.2, 0) is 18.1 Å². The van der Waals surface area contributed by atoms with Crippen molar-refractivity contribution in [3.63, 3.8) is 0 Å². The van der Waals surface area contributed by atoms with Crippen LogP contribution in [0.3, 0.4) is 0 Å². The standard InChI is InChI=1S/C28H37N3O5Si/c1-7-31(8-2)21-14-15-25(20(3)18-21)30-26-19-24(27(32)23-13-10-9-12-22(23)26)28(33)29-16-11-17-37(34-4,35-5)36-6/h9-10,12-15,18-19H,7-8,11,16-17H2,1-6H3,(H,29,33). The Morgan fingerprint density at radius 2 is 1.65 bits per heavy atom. The maximum absolute atomic E-state index is 13.2. The SMILES string of the molecule is CCN(CC)c1ccc(N=C2C=C(C(=O)NCCC[Si](OC)(OC)OC)C(=O)c3ccccc32)c(C)c1. The number of hydrogen-bond acceptors (Lipinski definition) is 7. The number of carbonyl (C=O) groups is 2. The summed E-state index contributed by atoms with van der Waals surface area (Å²) in [5.41, 5.74) is 4.80. The minimum absolute atomic E-state index is 0.0728. The Labute approximate surface area is 220 Å². The summed E-state index contributed by atoms with van der Waals surface area (Å²) in [5, 5.41) is 2.85. The highest BCUT2D eigenvalue weighted by Gasteiger charge is 2.37. The van der Waals surface area contributed by atoms with Gasteiger partial charge in [-0.3, -0.25) is 9.59 Å². The van der Waals surface area contributed by atoms with Gasteiger partial charge in [0.05, 0.1) is 17.0 Å². The minimum Gasteiger partial charge on any atom is -0.377 e. The maximum atomic E-state index is 13.2. The normalized spacial score (nSPS) is 14.4. The van der Waals surface area contributed by atoms with Crippen LogP contribution in [-0.4, -0.2) is 67.2 Å². The molecule has 2 aromatic carbocycles. The van der Waals surface area contributed by atoms with Crippen LogP contribution in [0.15, 0.2) is 59.1 Å². The number of carbonyl (C=O) groups excluding carboxylic acids is 2. The zero-order valence-electron chi connectivity index (χ0n) is 22.6. The van der Waals surface area contributed by atoms with E-state index in [0.717, 1.165) is 30.0 Å². The van der Waals surface area contributed by atoms with Gasteiger partial charge in [-0.25, -0.2) is 4.99 Å². The highest BCUT2D eigenvalue weighted by atomic mass is 28.4. The summed E-state index contributed by atoms with van der Waals surface area (Å²) in [6.45, 7) is 8.48. The van der Waals surface area contributed by atoms with Crippen molar-refractivity contribution in [2.45, 2.75) is 33.2 Å². The number of aliphatic imine (C=N–C) groups is 1. The van der Waals surface area contributed by atoms with E-state index in [1.165, 1.54) is 0 Å². The first-order chi connectivity index (χ1) is 17.8. The molecule has 0 saturated heterocycles. The van der Waals surface area contributed by atoms with Gasteiger partial charge >= 0.3 is 8.80 Å². The van der Waals surface area contributed by atoms with Crippen molar-refractivity contribution in [3.05, 3.63) is 70.8 Å². The molecule has 3 rings (SSSR count). The molecular formula is C28H37N3O5Si. The van der Waals surface area contributed by atoms with Gasteiger partial charge in [-0.05, 0) is 57.0 Å². The van der Waals surface area contributed by atoms with E-state index < -0.39 is 14.7 Å². The van der Waals surface area contributed by atoms with Gasteiger partial charge in [0.2, 0.25) is 0 Å². The van der Waals surface area contributed by atoms with E-state index in [0.29, 0.717) is 35.8 Å². The van der Waals surface area contributed by atoms with Crippen molar-refractivity contribution in [1.29, 1.82) is 0 Å². The fraction of sp³-hybridized carbons (Fsp3) is 0.393. The Kier molecular flexibility index (Phi) is 9.93. The van der Waals surface area contributed by atoms with Gasteiger partial charge in [0.1, 0.15) is 0 Å². The van der Waals surface area contributed by atoms with Gasteiger partial charge < -0.3 is 23.5 Å². The van der Waals surface area contributed by atoms with Crippen LogP contribution in [0, 0.1) is 6.92 Å². The third-order valence-electron chi connectivity index (χ3n) is 6.65. The summed E-state index contributed by atoms with van der Waals surface area (Å²) in [6.07, 6.45) is 2.18. The summed E-state index contributed by atoms with van der Waals surface area (Å²) in [6, 6.07) is 14.0. The molecule has 0 heterocycles. The number of nitrogens with one attached hydrogen (secondary N) is 1. The van der Waals surface area contributed by atoms with E-state index in [1.807, 2.05) is 25.1 Å². The molecule has 1 amide bonds. The number of benzene rings is 2. The van der Waals surface area contributed by atoms with E-state index in [1.54, 1.807) is 39.5 Å². The van der Waals surface area contributed by atoms with Crippen molar-refractivity contribution in [3.8, 4) is 0 Å². The molecule has 0 saturated carbocycles. The molecule has 1 aliphatic rings. The zero-order chi connectivity index (χ0) is 27.0. The van der Waals surface area contributed by atoms with Gasteiger partial charge in [0.15, 0.2) is 5.78 Å². The molecule has 1 aliphatic carbocycles.